The van der Waals surface area contributed by atoms with E-state index in [9.17, 15) is 4.79 Å². The Hall–Kier alpha value is -2.37. The fourth-order valence-electron chi connectivity index (χ4n) is 1.84. The lowest BCUT2D eigenvalue weighted by molar-refractivity contribution is 0.0954. The molecule has 1 aromatic heterocycles. The van der Waals surface area contributed by atoms with Gasteiger partial charge in [0.15, 0.2) is 5.82 Å². The second-order valence-corrected chi connectivity index (χ2v) is 4.74. The summed E-state index contributed by atoms with van der Waals surface area (Å²) in [5.41, 5.74) is 1.66. The van der Waals surface area contributed by atoms with Crippen LogP contribution in [0.1, 0.15) is 35.4 Å². The Balaban J connectivity index is 1.79. The van der Waals surface area contributed by atoms with Gasteiger partial charge >= 0.3 is 0 Å². The van der Waals surface area contributed by atoms with E-state index in [4.69, 9.17) is 4.52 Å². The molecule has 21 heavy (non-hydrogen) atoms. The lowest BCUT2D eigenvalue weighted by Gasteiger charge is -2.06. The van der Waals surface area contributed by atoms with Crippen molar-refractivity contribution in [1.82, 2.24) is 15.5 Å². The minimum absolute atomic E-state index is 0.0998. The number of amides is 1. The second-order valence-electron chi connectivity index (χ2n) is 4.74. The van der Waals surface area contributed by atoms with Crippen LogP contribution in [-0.2, 0) is 6.42 Å². The van der Waals surface area contributed by atoms with E-state index in [0.717, 1.165) is 18.7 Å². The normalized spacial score (nSPS) is 10.4. The van der Waals surface area contributed by atoms with Crippen molar-refractivity contribution in [3.05, 3.63) is 41.5 Å². The Morgan fingerprint density at radius 1 is 1.24 bits per heavy atom. The number of hydrogen-bond donors (Lipinski definition) is 2. The standard InChI is InChI=1S/C15H20N4O2/c1-3-9-16-13-6-4-12(5-7-13)15(20)17-10-8-14-18-11(2)21-19-14/h4-7,16H,3,8-10H2,1-2H3,(H,17,20). The molecule has 0 saturated carbocycles. The third-order valence-electron chi connectivity index (χ3n) is 2.93. The Morgan fingerprint density at radius 2 is 2.00 bits per heavy atom. The van der Waals surface area contributed by atoms with Crippen LogP contribution in [0.3, 0.4) is 0 Å². The molecule has 6 nitrogen and oxygen atoms in total. The molecule has 1 aromatic carbocycles. The van der Waals surface area contributed by atoms with Gasteiger partial charge < -0.3 is 15.2 Å². The van der Waals surface area contributed by atoms with Gasteiger partial charge in [-0.05, 0) is 30.7 Å². The van der Waals surface area contributed by atoms with Gasteiger partial charge in [0.1, 0.15) is 0 Å². The lowest BCUT2D eigenvalue weighted by Crippen LogP contribution is -2.25. The van der Waals surface area contributed by atoms with Gasteiger partial charge in [0.05, 0.1) is 0 Å². The minimum Gasteiger partial charge on any atom is -0.385 e. The molecule has 1 heterocycles. The summed E-state index contributed by atoms with van der Waals surface area (Å²) in [4.78, 5) is 16.1. The summed E-state index contributed by atoms with van der Waals surface area (Å²) >= 11 is 0. The quantitative estimate of drug-likeness (QED) is 0.816. The fraction of sp³-hybridized carbons (Fsp3) is 0.400. The molecule has 0 aliphatic carbocycles. The van der Waals surface area contributed by atoms with Gasteiger partial charge in [-0.1, -0.05) is 12.1 Å². The van der Waals surface area contributed by atoms with E-state index in [2.05, 4.69) is 27.7 Å². The number of hydrogen-bond acceptors (Lipinski definition) is 5. The highest BCUT2D eigenvalue weighted by Gasteiger charge is 2.06. The van der Waals surface area contributed by atoms with Gasteiger partial charge in [-0.2, -0.15) is 4.98 Å². The molecule has 0 spiro atoms. The van der Waals surface area contributed by atoms with Crippen molar-refractivity contribution < 1.29 is 9.32 Å². The van der Waals surface area contributed by atoms with E-state index in [1.54, 1.807) is 6.92 Å². The van der Waals surface area contributed by atoms with Crippen molar-refractivity contribution in [2.75, 3.05) is 18.4 Å². The molecule has 0 atom stereocenters. The van der Waals surface area contributed by atoms with E-state index in [-0.39, 0.29) is 5.91 Å². The van der Waals surface area contributed by atoms with Crippen LogP contribution in [0.15, 0.2) is 28.8 Å². The third-order valence-corrected chi connectivity index (χ3v) is 2.93. The van der Waals surface area contributed by atoms with E-state index >= 15 is 0 Å². The van der Waals surface area contributed by atoms with Crippen LogP contribution in [0.5, 0.6) is 0 Å². The minimum atomic E-state index is -0.0998. The highest BCUT2D eigenvalue weighted by atomic mass is 16.5. The number of carbonyl (C=O) groups excluding carboxylic acids is 1. The summed E-state index contributed by atoms with van der Waals surface area (Å²) in [5, 5.41) is 9.89. The molecule has 0 aliphatic heterocycles. The van der Waals surface area contributed by atoms with E-state index < -0.39 is 0 Å². The molecule has 1 amide bonds. The molecule has 0 saturated heterocycles. The molecule has 0 aliphatic rings. The average molecular weight is 288 g/mol. The van der Waals surface area contributed by atoms with Crippen molar-refractivity contribution in [2.24, 2.45) is 0 Å². The van der Waals surface area contributed by atoms with Gasteiger partial charge in [-0.25, -0.2) is 0 Å². The highest BCUT2D eigenvalue weighted by molar-refractivity contribution is 5.94. The number of nitrogens with one attached hydrogen (secondary N) is 2. The van der Waals surface area contributed by atoms with Crippen LogP contribution in [0.2, 0.25) is 0 Å². The summed E-state index contributed by atoms with van der Waals surface area (Å²) < 4.78 is 4.87. The molecule has 0 radical (unpaired) electrons. The predicted molar refractivity (Wildman–Crippen MR) is 80.3 cm³/mol. The van der Waals surface area contributed by atoms with Crippen LogP contribution in [0, 0.1) is 6.92 Å². The monoisotopic (exact) mass is 288 g/mol. The van der Waals surface area contributed by atoms with Gasteiger partial charge in [0, 0.05) is 37.7 Å². The molecule has 6 heteroatoms. The first-order valence-electron chi connectivity index (χ1n) is 7.10. The summed E-state index contributed by atoms with van der Waals surface area (Å²) in [6.45, 7) is 5.26. The number of carbonyl (C=O) groups is 1. The molecule has 0 unspecified atom stereocenters. The van der Waals surface area contributed by atoms with Crippen LogP contribution in [0.4, 0.5) is 5.69 Å². The van der Waals surface area contributed by atoms with Crippen molar-refractivity contribution in [3.8, 4) is 0 Å². The fourth-order valence-corrected chi connectivity index (χ4v) is 1.84. The maximum absolute atomic E-state index is 12.0. The van der Waals surface area contributed by atoms with Gasteiger partial charge in [0.25, 0.3) is 5.91 Å². The van der Waals surface area contributed by atoms with Crippen LogP contribution >= 0.6 is 0 Å². The van der Waals surface area contributed by atoms with Gasteiger partial charge in [-0.15, -0.1) is 0 Å². The van der Waals surface area contributed by atoms with Crippen molar-refractivity contribution >= 4 is 11.6 Å². The Bertz CT molecular complexity index is 578. The van der Waals surface area contributed by atoms with E-state index in [1.165, 1.54) is 0 Å². The first-order valence-corrected chi connectivity index (χ1v) is 7.10. The maximum Gasteiger partial charge on any atom is 0.251 e. The largest absolute Gasteiger partial charge is 0.385 e. The SMILES string of the molecule is CCCNc1ccc(C(=O)NCCc2noc(C)n2)cc1. The zero-order valence-electron chi connectivity index (χ0n) is 12.3. The third kappa shape index (κ3) is 4.59. The van der Waals surface area contributed by atoms with Crippen LogP contribution < -0.4 is 10.6 Å². The summed E-state index contributed by atoms with van der Waals surface area (Å²) in [7, 11) is 0. The van der Waals surface area contributed by atoms with Crippen molar-refractivity contribution in [2.45, 2.75) is 26.7 Å². The maximum atomic E-state index is 12.0. The molecular formula is C15H20N4O2. The lowest BCUT2D eigenvalue weighted by atomic mass is 10.2. The van der Waals surface area contributed by atoms with Crippen LogP contribution in [-0.4, -0.2) is 29.1 Å². The molecule has 2 aromatic rings. The van der Waals surface area contributed by atoms with Crippen LogP contribution in [0.25, 0.3) is 0 Å². The average Bonchev–Trinajstić information content (AvgIpc) is 2.91. The first kappa shape index (κ1) is 15.0. The highest BCUT2D eigenvalue weighted by Crippen LogP contribution is 2.09. The number of aromatic nitrogens is 2. The molecule has 2 rings (SSSR count). The smallest absolute Gasteiger partial charge is 0.251 e. The number of aryl methyl sites for hydroxylation is 1. The van der Waals surface area contributed by atoms with Crippen molar-refractivity contribution in [1.29, 1.82) is 0 Å². The second kappa shape index (κ2) is 7.42. The molecule has 0 fully saturated rings. The Labute approximate surface area is 123 Å². The summed E-state index contributed by atoms with van der Waals surface area (Å²) in [6.07, 6.45) is 1.62. The number of benzene rings is 1. The summed E-state index contributed by atoms with van der Waals surface area (Å²) in [6, 6.07) is 7.44. The van der Waals surface area contributed by atoms with Gasteiger partial charge in [0.2, 0.25) is 5.89 Å². The summed E-state index contributed by atoms with van der Waals surface area (Å²) in [5.74, 6) is 1.04. The Morgan fingerprint density at radius 3 is 2.62 bits per heavy atom. The first-order chi connectivity index (χ1) is 10.2. The number of anilines is 1. The molecule has 112 valence electrons. The number of nitrogens with zero attached hydrogens (tertiary/aromatic N) is 2. The van der Waals surface area contributed by atoms with Crippen molar-refractivity contribution in [3.63, 3.8) is 0 Å². The number of rotatable bonds is 7. The van der Waals surface area contributed by atoms with E-state index in [0.29, 0.717) is 30.2 Å². The topological polar surface area (TPSA) is 80.0 Å². The predicted octanol–water partition coefficient (Wildman–Crippen LogP) is 2.17. The zero-order chi connectivity index (χ0) is 15.1. The molecular weight excluding hydrogens is 268 g/mol. The zero-order valence-corrected chi connectivity index (χ0v) is 12.3. The molecule has 2 N–H and O–H groups in total. The van der Waals surface area contributed by atoms with E-state index in [1.807, 2.05) is 24.3 Å². The Kier molecular flexibility index (Phi) is 5.31. The molecule has 0 bridgehead atoms. The van der Waals surface area contributed by atoms with Gasteiger partial charge in [-0.3, -0.25) is 4.79 Å².